The van der Waals surface area contributed by atoms with Crippen LogP contribution in [0, 0.1) is 12.3 Å². The molecule has 2 rings (SSSR count). The Morgan fingerprint density at radius 2 is 2.12 bits per heavy atom. The Morgan fingerprint density at radius 3 is 2.69 bits per heavy atom. The summed E-state index contributed by atoms with van der Waals surface area (Å²) in [5.74, 6) is 1.72. The first-order valence-corrected chi connectivity index (χ1v) is 6.50. The van der Waals surface area contributed by atoms with Crippen LogP contribution >= 0.6 is 11.6 Å². The molecular formula is C13H19ClN2. The number of aromatic nitrogens is 1. The molecule has 0 aliphatic heterocycles. The van der Waals surface area contributed by atoms with Crippen LogP contribution in [0.15, 0.2) is 18.3 Å². The second-order valence-electron chi connectivity index (χ2n) is 4.92. The van der Waals surface area contributed by atoms with E-state index in [4.69, 9.17) is 11.6 Å². The first-order chi connectivity index (χ1) is 7.74. The minimum absolute atomic E-state index is 0.300. The van der Waals surface area contributed by atoms with Gasteiger partial charge in [-0.1, -0.05) is 18.9 Å². The lowest BCUT2D eigenvalue weighted by Crippen LogP contribution is -2.28. The first-order valence-electron chi connectivity index (χ1n) is 5.97. The molecule has 1 aliphatic carbocycles. The average molecular weight is 239 g/mol. The van der Waals surface area contributed by atoms with Gasteiger partial charge in [-0.2, -0.15) is 0 Å². The van der Waals surface area contributed by atoms with Crippen LogP contribution in [-0.4, -0.2) is 17.4 Å². The van der Waals surface area contributed by atoms with E-state index in [1.54, 1.807) is 0 Å². The molecule has 2 nitrogen and oxygen atoms in total. The van der Waals surface area contributed by atoms with Crippen molar-refractivity contribution in [3.63, 3.8) is 0 Å². The van der Waals surface area contributed by atoms with Crippen LogP contribution in [0.3, 0.4) is 0 Å². The number of hydrogen-bond donors (Lipinski definition) is 1. The predicted octanol–water partition coefficient (Wildman–Crippen LogP) is 3.60. The molecule has 0 radical (unpaired) electrons. The van der Waals surface area contributed by atoms with Crippen LogP contribution in [0.5, 0.6) is 0 Å². The van der Waals surface area contributed by atoms with Gasteiger partial charge in [0.15, 0.2) is 0 Å². The van der Waals surface area contributed by atoms with Crippen molar-refractivity contribution in [2.75, 3.05) is 17.7 Å². The lowest BCUT2D eigenvalue weighted by Gasteiger charge is -2.26. The fourth-order valence-electron chi connectivity index (χ4n) is 2.33. The second kappa shape index (κ2) is 5.05. The summed E-state index contributed by atoms with van der Waals surface area (Å²) in [6.07, 6.45) is 7.01. The lowest BCUT2D eigenvalue weighted by atomic mass is 9.88. The number of aryl methyl sites for hydroxylation is 1. The van der Waals surface area contributed by atoms with Crippen LogP contribution in [0.1, 0.15) is 31.2 Å². The highest BCUT2D eigenvalue weighted by Crippen LogP contribution is 2.39. The minimum Gasteiger partial charge on any atom is -0.369 e. The molecule has 1 aromatic rings. The molecule has 0 amide bonds. The second-order valence-corrected chi connectivity index (χ2v) is 5.18. The van der Waals surface area contributed by atoms with Crippen LogP contribution in [0.2, 0.25) is 0 Å². The van der Waals surface area contributed by atoms with E-state index in [1.807, 2.05) is 19.2 Å². The maximum absolute atomic E-state index is 6.10. The molecule has 1 aromatic heterocycles. The van der Waals surface area contributed by atoms with Gasteiger partial charge in [0.2, 0.25) is 0 Å². The van der Waals surface area contributed by atoms with Crippen molar-refractivity contribution < 1.29 is 0 Å². The average Bonchev–Trinajstić information content (AvgIpc) is 2.78. The molecule has 1 fully saturated rings. The molecule has 0 spiro atoms. The van der Waals surface area contributed by atoms with Crippen LogP contribution in [0.25, 0.3) is 0 Å². The molecular weight excluding hydrogens is 220 g/mol. The van der Waals surface area contributed by atoms with Crippen LogP contribution < -0.4 is 5.32 Å². The third kappa shape index (κ3) is 2.67. The van der Waals surface area contributed by atoms with E-state index in [-0.39, 0.29) is 0 Å². The monoisotopic (exact) mass is 238 g/mol. The van der Waals surface area contributed by atoms with Gasteiger partial charge >= 0.3 is 0 Å². The van der Waals surface area contributed by atoms with Gasteiger partial charge in [-0.15, -0.1) is 11.6 Å². The SMILES string of the molecule is Cc1ccc(NCC2(CCl)CCCC2)nc1. The molecule has 0 aromatic carbocycles. The number of alkyl halides is 1. The molecule has 3 heteroatoms. The molecule has 1 aliphatic rings. The number of nitrogens with one attached hydrogen (secondary N) is 1. The molecule has 1 saturated carbocycles. The Kier molecular flexibility index (Phi) is 3.70. The standard InChI is InChI=1S/C13H19ClN2/c1-11-4-5-12(15-8-11)16-10-13(9-14)6-2-3-7-13/h4-5,8H,2-3,6-7,9-10H2,1H3,(H,15,16). The Morgan fingerprint density at radius 1 is 1.38 bits per heavy atom. The fraction of sp³-hybridized carbons (Fsp3) is 0.615. The van der Waals surface area contributed by atoms with Crippen molar-refractivity contribution in [2.45, 2.75) is 32.6 Å². The molecule has 0 bridgehead atoms. The van der Waals surface area contributed by atoms with Crippen molar-refractivity contribution in [3.8, 4) is 0 Å². The number of nitrogens with zero attached hydrogens (tertiary/aromatic N) is 1. The molecule has 0 saturated heterocycles. The largest absolute Gasteiger partial charge is 0.369 e. The number of hydrogen-bond acceptors (Lipinski definition) is 2. The highest BCUT2D eigenvalue weighted by Gasteiger charge is 2.32. The van der Waals surface area contributed by atoms with Crippen LogP contribution in [0.4, 0.5) is 5.82 Å². The van der Waals surface area contributed by atoms with Crippen molar-refractivity contribution in [1.82, 2.24) is 4.98 Å². The topological polar surface area (TPSA) is 24.9 Å². The first kappa shape index (κ1) is 11.7. The third-order valence-corrected chi connectivity index (χ3v) is 4.07. The quantitative estimate of drug-likeness (QED) is 0.811. The van der Waals surface area contributed by atoms with Gasteiger partial charge in [0.25, 0.3) is 0 Å². The zero-order valence-electron chi connectivity index (χ0n) is 9.80. The third-order valence-electron chi connectivity index (χ3n) is 3.50. The van der Waals surface area contributed by atoms with Crippen LogP contribution in [-0.2, 0) is 0 Å². The Balaban J connectivity index is 1.93. The van der Waals surface area contributed by atoms with E-state index >= 15 is 0 Å². The van der Waals surface area contributed by atoms with E-state index in [1.165, 1.54) is 31.2 Å². The number of rotatable bonds is 4. The summed E-state index contributed by atoms with van der Waals surface area (Å²) in [4.78, 5) is 4.35. The molecule has 1 N–H and O–H groups in total. The summed E-state index contributed by atoms with van der Waals surface area (Å²) in [7, 11) is 0. The summed E-state index contributed by atoms with van der Waals surface area (Å²) >= 11 is 6.10. The van der Waals surface area contributed by atoms with E-state index < -0.39 is 0 Å². The smallest absolute Gasteiger partial charge is 0.125 e. The van der Waals surface area contributed by atoms with Gasteiger partial charge < -0.3 is 5.32 Å². The van der Waals surface area contributed by atoms with Gasteiger partial charge in [-0.3, -0.25) is 0 Å². The fourth-order valence-corrected chi connectivity index (χ4v) is 2.69. The van der Waals surface area contributed by atoms with Crippen molar-refractivity contribution in [3.05, 3.63) is 23.9 Å². The Bertz CT molecular complexity index is 328. The maximum atomic E-state index is 6.10. The van der Waals surface area contributed by atoms with Gasteiger partial charge in [0, 0.05) is 24.0 Å². The maximum Gasteiger partial charge on any atom is 0.125 e. The normalized spacial score (nSPS) is 18.6. The Hall–Kier alpha value is -0.760. The summed E-state index contributed by atoms with van der Waals surface area (Å²) in [5, 5.41) is 3.41. The van der Waals surface area contributed by atoms with E-state index in [2.05, 4.69) is 16.4 Å². The van der Waals surface area contributed by atoms with E-state index in [0.717, 1.165) is 18.2 Å². The van der Waals surface area contributed by atoms with E-state index in [0.29, 0.717) is 5.41 Å². The van der Waals surface area contributed by atoms with Gasteiger partial charge in [0.05, 0.1) is 0 Å². The van der Waals surface area contributed by atoms with E-state index in [9.17, 15) is 0 Å². The Labute approximate surface area is 102 Å². The number of halogens is 1. The van der Waals surface area contributed by atoms with Gasteiger partial charge in [-0.25, -0.2) is 4.98 Å². The summed E-state index contributed by atoms with van der Waals surface area (Å²) in [5.41, 5.74) is 1.49. The molecule has 1 heterocycles. The van der Waals surface area contributed by atoms with Crippen molar-refractivity contribution >= 4 is 17.4 Å². The lowest BCUT2D eigenvalue weighted by molar-refractivity contribution is 0.368. The number of pyridine rings is 1. The minimum atomic E-state index is 0.300. The van der Waals surface area contributed by atoms with Crippen molar-refractivity contribution in [1.29, 1.82) is 0 Å². The zero-order chi connectivity index (χ0) is 11.4. The van der Waals surface area contributed by atoms with Gasteiger partial charge in [0.1, 0.15) is 5.82 Å². The zero-order valence-corrected chi connectivity index (χ0v) is 10.6. The molecule has 88 valence electrons. The summed E-state index contributed by atoms with van der Waals surface area (Å²) < 4.78 is 0. The number of anilines is 1. The molecule has 16 heavy (non-hydrogen) atoms. The summed E-state index contributed by atoms with van der Waals surface area (Å²) in [6, 6.07) is 4.11. The summed E-state index contributed by atoms with van der Waals surface area (Å²) in [6.45, 7) is 3.00. The highest BCUT2D eigenvalue weighted by molar-refractivity contribution is 6.18. The van der Waals surface area contributed by atoms with Gasteiger partial charge in [-0.05, 0) is 31.4 Å². The van der Waals surface area contributed by atoms with Crippen molar-refractivity contribution in [2.24, 2.45) is 5.41 Å². The molecule has 0 atom stereocenters. The highest BCUT2D eigenvalue weighted by atomic mass is 35.5. The predicted molar refractivity (Wildman–Crippen MR) is 69.1 cm³/mol. The molecule has 0 unspecified atom stereocenters.